The molecule has 2 nitrogen and oxygen atoms in total. The maximum Gasteiger partial charge on any atom is 0.0524 e. The van der Waals surface area contributed by atoms with E-state index in [1.807, 2.05) is 6.20 Å². The molecule has 3 aliphatic carbocycles. The zero-order valence-electron chi connectivity index (χ0n) is 16.1. The molecule has 142 valence electrons. The fourth-order valence-electron chi connectivity index (χ4n) is 6.15. The van der Waals surface area contributed by atoms with Crippen LogP contribution in [0.4, 0.5) is 0 Å². The molecule has 2 aromatic heterocycles. The lowest BCUT2D eigenvalue weighted by Gasteiger charge is -2.36. The van der Waals surface area contributed by atoms with E-state index in [-0.39, 0.29) is 12.4 Å². The summed E-state index contributed by atoms with van der Waals surface area (Å²) in [6.45, 7) is 2.43. The lowest BCUT2D eigenvalue weighted by Crippen LogP contribution is -2.27. The molecule has 3 heteroatoms. The number of pyridine rings is 1. The number of hydrogen-bond acceptors (Lipinski definition) is 1. The molecular formula is C24H29ClN2. The Balaban J connectivity index is 0.00000160. The van der Waals surface area contributed by atoms with Gasteiger partial charge < -0.3 is 4.57 Å². The summed E-state index contributed by atoms with van der Waals surface area (Å²) in [5, 5.41) is 1.40. The van der Waals surface area contributed by atoms with Crippen molar-refractivity contribution in [2.45, 2.75) is 57.9 Å². The second-order valence-corrected chi connectivity index (χ2v) is 9.27. The molecule has 2 fully saturated rings. The van der Waals surface area contributed by atoms with E-state index in [0.29, 0.717) is 12.0 Å². The molecule has 27 heavy (non-hydrogen) atoms. The van der Waals surface area contributed by atoms with Gasteiger partial charge in [0, 0.05) is 23.8 Å². The van der Waals surface area contributed by atoms with E-state index in [0.717, 1.165) is 24.2 Å². The van der Waals surface area contributed by atoms with Gasteiger partial charge in [0.05, 0.1) is 11.2 Å². The van der Waals surface area contributed by atoms with Crippen LogP contribution in [0.5, 0.6) is 0 Å². The fraction of sp³-hybridized carbons (Fsp3) is 0.542. The predicted octanol–water partition coefficient (Wildman–Crippen LogP) is 6.36. The van der Waals surface area contributed by atoms with Crippen LogP contribution in [0.3, 0.4) is 0 Å². The van der Waals surface area contributed by atoms with Gasteiger partial charge in [0.2, 0.25) is 0 Å². The number of allylic oxidation sites excluding steroid dienone is 4. The van der Waals surface area contributed by atoms with Crippen molar-refractivity contribution in [2.75, 3.05) is 0 Å². The maximum absolute atomic E-state index is 4.45. The van der Waals surface area contributed by atoms with Gasteiger partial charge in [0.1, 0.15) is 0 Å². The second-order valence-electron chi connectivity index (χ2n) is 9.27. The first-order valence-corrected chi connectivity index (χ1v) is 10.6. The highest BCUT2D eigenvalue weighted by Gasteiger charge is 2.39. The summed E-state index contributed by atoms with van der Waals surface area (Å²) < 4.78 is 2.72. The molecule has 3 heterocycles. The highest BCUT2D eigenvalue weighted by Crippen LogP contribution is 2.51. The number of rotatable bonds is 2. The van der Waals surface area contributed by atoms with Gasteiger partial charge in [-0.15, -0.1) is 12.4 Å². The molecule has 1 aliphatic heterocycles. The molecule has 0 aromatic carbocycles. The first kappa shape index (κ1) is 17.6. The van der Waals surface area contributed by atoms with Crippen LogP contribution in [0.2, 0.25) is 0 Å². The monoisotopic (exact) mass is 380 g/mol. The number of hydrogen-bond donors (Lipinski definition) is 0. The number of fused-ring (bicyclic) bond motifs is 5. The third-order valence-electron chi connectivity index (χ3n) is 7.68. The summed E-state index contributed by atoms with van der Waals surface area (Å²) in [5.41, 5.74) is 5.94. The normalized spacial score (nSPS) is 33.5. The predicted molar refractivity (Wildman–Crippen MR) is 114 cm³/mol. The van der Waals surface area contributed by atoms with Gasteiger partial charge in [-0.25, -0.2) is 0 Å². The molecule has 2 saturated carbocycles. The minimum Gasteiger partial charge on any atom is -0.336 e. The zero-order valence-corrected chi connectivity index (χ0v) is 16.9. The molecule has 4 aliphatic rings. The van der Waals surface area contributed by atoms with Crippen molar-refractivity contribution in [2.24, 2.45) is 23.7 Å². The van der Waals surface area contributed by atoms with E-state index < -0.39 is 0 Å². The Morgan fingerprint density at radius 3 is 2.96 bits per heavy atom. The molecular weight excluding hydrogens is 352 g/mol. The fourth-order valence-corrected chi connectivity index (χ4v) is 6.15. The van der Waals surface area contributed by atoms with Crippen LogP contribution in [0.1, 0.15) is 62.7 Å². The standard InChI is InChI=1S/C24H28N2.ClH/c1-15-11-19(15)13-16-5-8-22-18(12-16)7-6-17-3-2-4-20-21-14-25-10-9-23(21)26(22)24(17)20;/h3,6-7,9-10,14-16,18-19,22H,2,4-5,8,11-13H2,1H3;1H. The Hall–Kier alpha value is -1.54. The van der Waals surface area contributed by atoms with Crippen LogP contribution in [-0.2, 0) is 6.42 Å². The van der Waals surface area contributed by atoms with Gasteiger partial charge in [0.25, 0.3) is 0 Å². The molecule has 0 amide bonds. The Labute approximate surface area is 168 Å². The summed E-state index contributed by atoms with van der Waals surface area (Å²) in [5.74, 6) is 3.67. The maximum atomic E-state index is 4.45. The summed E-state index contributed by atoms with van der Waals surface area (Å²) in [4.78, 5) is 4.45. The molecule has 0 radical (unpaired) electrons. The number of aryl methyl sites for hydroxylation is 1. The van der Waals surface area contributed by atoms with Crippen molar-refractivity contribution in [3.8, 4) is 0 Å². The minimum atomic E-state index is 0. The second kappa shape index (κ2) is 6.51. The van der Waals surface area contributed by atoms with Gasteiger partial charge in [0.15, 0.2) is 0 Å². The molecule has 5 atom stereocenters. The largest absolute Gasteiger partial charge is 0.336 e. The lowest BCUT2D eigenvalue weighted by molar-refractivity contribution is 0.207. The van der Waals surface area contributed by atoms with E-state index in [1.165, 1.54) is 60.7 Å². The third kappa shape index (κ3) is 2.71. The molecule has 2 aromatic rings. The van der Waals surface area contributed by atoms with Crippen LogP contribution >= 0.6 is 12.4 Å². The van der Waals surface area contributed by atoms with Crippen LogP contribution in [0.15, 0.2) is 36.7 Å². The van der Waals surface area contributed by atoms with Gasteiger partial charge in [-0.1, -0.05) is 25.2 Å². The quantitative estimate of drug-likeness (QED) is 0.592. The molecule has 0 bridgehead atoms. The SMILES string of the molecule is CC1CC1CC1CCC2C(C=CC3=CCCc4c3n2c2ccncc42)C1.Cl. The van der Waals surface area contributed by atoms with E-state index in [2.05, 4.69) is 47.0 Å². The Bertz CT molecular complexity index is 937. The van der Waals surface area contributed by atoms with Crippen molar-refractivity contribution in [3.63, 3.8) is 0 Å². The third-order valence-corrected chi connectivity index (χ3v) is 7.68. The van der Waals surface area contributed by atoms with Gasteiger partial charge >= 0.3 is 0 Å². The minimum absolute atomic E-state index is 0. The highest BCUT2D eigenvalue weighted by atomic mass is 35.5. The molecule has 0 saturated heterocycles. The van der Waals surface area contributed by atoms with Crippen molar-refractivity contribution in [1.29, 1.82) is 0 Å². The molecule has 5 unspecified atom stereocenters. The molecule has 0 N–H and O–H groups in total. The summed E-state index contributed by atoms with van der Waals surface area (Å²) in [6, 6.07) is 2.89. The van der Waals surface area contributed by atoms with E-state index in [4.69, 9.17) is 0 Å². The van der Waals surface area contributed by atoms with Crippen molar-refractivity contribution in [3.05, 3.63) is 47.9 Å². The van der Waals surface area contributed by atoms with Crippen LogP contribution in [-0.4, -0.2) is 9.55 Å². The Morgan fingerprint density at radius 2 is 2.11 bits per heavy atom. The first-order valence-electron chi connectivity index (χ1n) is 10.6. The van der Waals surface area contributed by atoms with Crippen molar-refractivity contribution in [1.82, 2.24) is 9.55 Å². The van der Waals surface area contributed by atoms with Crippen molar-refractivity contribution < 1.29 is 0 Å². The molecule has 6 rings (SSSR count). The average Bonchev–Trinajstić information content (AvgIpc) is 3.29. The lowest BCUT2D eigenvalue weighted by atomic mass is 9.75. The number of aromatic nitrogens is 2. The molecule has 0 spiro atoms. The van der Waals surface area contributed by atoms with Crippen molar-refractivity contribution >= 4 is 28.9 Å². The van der Waals surface area contributed by atoms with Gasteiger partial charge in [-0.2, -0.15) is 0 Å². The summed E-state index contributed by atoms with van der Waals surface area (Å²) in [6.07, 6.45) is 21.0. The van der Waals surface area contributed by atoms with Gasteiger partial charge in [-0.05, 0) is 85.8 Å². The number of halogens is 1. The summed E-state index contributed by atoms with van der Waals surface area (Å²) >= 11 is 0. The smallest absolute Gasteiger partial charge is 0.0524 e. The summed E-state index contributed by atoms with van der Waals surface area (Å²) in [7, 11) is 0. The highest BCUT2D eigenvalue weighted by molar-refractivity contribution is 5.93. The van der Waals surface area contributed by atoms with Crippen LogP contribution in [0.25, 0.3) is 16.5 Å². The topological polar surface area (TPSA) is 17.8 Å². The Kier molecular flexibility index (Phi) is 4.23. The average molecular weight is 381 g/mol. The first-order chi connectivity index (χ1) is 12.8. The van der Waals surface area contributed by atoms with E-state index in [9.17, 15) is 0 Å². The van der Waals surface area contributed by atoms with E-state index in [1.54, 1.807) is 5.56 Å². The van der Waals surface area contributed by atoms with Gasteiger partial charge in [-0.3, -0.25) is 4.98 Å². The zero-order chi connectivity index (χ0) is 17.3. The van der Waals surface area contributed by atoms with E-state index >= 15 is 0 Å². The van der Waals surface area contributed by atoms with Crippen LogP contribution in [0, 0.1) is 23.7 Å². The Morgan fingerprint density at radius 1 is 1.22 bits per heavy atom. The van der Waals surface area contributed by atoms with Crippen LogP contribution < -0.4 is 0 Å². The number of nitrogens with zero attached hydrogens (tertiary/aromatic N) is 2.